The van der Waals surface area contributed by atoms with Gasteiger partial charge in [0.05, 0.1) is 6.67 Å². The second-order valence-corrected chi connectivity index (χ2v) is 1.38. The Morgan fingerprint density at radius 2 is 2.29 bits per heavy atom. The van der Waals surface area contributed by atoms with E-state index in [1.54, 1.807) is 0 Å². The summed E-state index contributed by atoms with van der Waals surface area (Å²) in [5.74, 6) is 0. The average molecular weight is 103 g/mol. The van der Waals surface area contributed by atoms with Crippen LogP contribution in [0, 0.1) is 0 Å². The molecule has 0 radical (unpaired) electrons. The van der Waals surface area contributed by atoms with Crippen molar-refractivity contribution in [3.8, 4) is 0 Å². The van der Waals surface area contributed by atoms with Gasteiger partial charge in [-0.25, -0.2) is 10.4 Å². The third-order valence-electron chi connectivity index (χ3n) is 0.836. The summed E-state index contributed by atoms with van der Waals surface area (Å²) in [4.78, 5) is 0. The molecule has 0 amide bonds. The van der Waals surface area contributed by atoms with E-state index >= 15 is 0 Å². The molecule has 0 aromatic heterocycles. The van der Waals surface area contributed by atoms with Crippen molar-refractivity contribution >= 4 is 0 Å². The van der Waals surface area contributed by atoms with E-state index in [1.165, 1.54) is 0 Å². The van der Waals surface area contributed by atoms with E-state index in [9.17, 15) is 0 Å². The quantitative estimate of drug-likeness (QED) is 0.369. The zero-order valence-electron chi connectivity index (χ0n) is 4.94. The third-order valence-corrected chi connectivity index (χ3v) is 0.836. The molecule has 0 bridgehead atoms. The normalized spacial score (nSPS) is 10.3. The van der Waals surface area contributed by atoms with Gasteiger partial charge in [-0.15, -0.1) is 0 Å². The van der Waals surface area contributed by atoms with Gasteiger partial charge in [-0.1, -0.05) is 6.92 Å². The van der Waals surface area contributed by atoms with E-state index in [-0.39, 0.29) is 0 Å². The Labute approximate surface area is 44.5 Å². The maximum atomic E-state index is 5.15. The molecule has 3 N–H and O–H groups in total. The highest BCUT2D eigenvalue weighted by Gasteiger charge is 1.84. The first kappa shape index (κ1) is 6.88. The second kappa shape index (κ2) is 4.05. The molecule has 0 heterocycles. The second-order valence-electron chi connectivity index (χ2n) is 1.38. The number of hydrogen-bond acceptors (Lipinski definition) is 3. The van der Waals surface area contributed by atoms with Gasteiger partial charge in [0.1, 0.15) is 0 Å². The van der Waals surface area contributed by atoms with Crippen molar-refractivity contribution in [1.82, 2.24) is 10.4 Å². The summed E-state index contributed by atoms with van der Waals surface area (Å²) < 4.78 is 0. The molecule has 0 spiro atoms. The Hall–Kier alpha value is -0.120. The van der Waals surface area contributed by atoms with E-state index in [0.717, 1.165) is 6.54 Å². The molecule has 44 valence electrons. The van der Waals surface area contributed by atoms with Crippen molar-refractivity contribution in [1.29, 1.82) is 0 Å². The zero-order valence-corrected chi connectivity index (χ0v) is 4.94. The van der Waals surface area contributed by atoms with Gasteiger partial charge in [-0.05, 0) is 0 Å². The Balaban J connectivity index is 2.83. The fraction of sp³-hybridized carbons (Fsp3) is 1.00. The SMILES string of the molecule is CCN(C)NCN. The van der Waals surface area contributed by atoms with Gasteiger partial charge in [0.2, 0.25) is 0 Å². The van der Waals surface area contributed by atoms with Gasteiger partial charge in [-0.3, -0.25) is 0 Å². The lowest BCUT2D eigenvalue weighted by atomic mass is 10.7. The van der Waals surface area contributed by atoms with Gasteiger partial charge in [-0.2, -0.15) is 0 Å². The highest BCUT2D eigenvalue weighted by atomic mass is 15.5. The molecule has 0 rings (SSSR count). The lowest BCUT2D eigenvalue weighted by Crippen LogP contribution is -2.37. The van der Waals surface area contributed by atoms with Gasteiger partial charge < -0.3 is 5.73 Å². The Bertz CT molecular complexity index is 37.9. The number of hydrazine groups is 1. The molecule has 0 aliphatic rings. The van der Waals surface area contributed by atoms with Crippen LogP contribution in [0.25, 0.3) is 0 Å². The summed E-state index contributed by atoms with van der Waals surface area (Å²) in [6, 6.07) is 0. The number of rotatable bonds is 3. The van der Waals surface area contributed by atoms with Crippen molar-refractivity contribution in [3.63, 3.8) is 0 Å². The molecule has 0 aliphatic heterocycles. The van der Waals surface area contributed by atoms with Crippen LogP contribution in [-0.2, 0) is 0 Å². The first-order valence-electron chi connectivity index (χ1n) is 2.46. The largest absolute Gasteiger partial charge is 0.317 e. The predicted molar refractivity (Wildman–Crippen MR) is 30.5 cm³/mol. The van der Waals surface area contributed by atoms with E-state index in [4.69, 9.17) is 5.73 Å². The summed E-state index contributed by atoms with van der Waals surface area (Å²) in [6.45, 7) is 3.56. The monoisotopic (exact) mass is 103 g/mol. The Morgan fingerprint density at radius 1 is 1.71 bits per heavy atom. The van der Waals surface area contributed by atoms with E-state index < -0.39 is 0 Å². The minimum Gasteiger partial charge on any atom is -0.317 e. The summed E-state index contributed by atoms with van der Waals surface area (Å²) in [5, 5.41) is 1.93. The molecule has 0 saturated carbocycles. The molecule has 0 fully saturated rings. The van der Waals surface area contributed by atoms with Gasteiger partial charge in [0.15, 0.2) is 0 Å². The minimum absolute atomic E-state index is 0.518. The minimum atomic E-state index is 0.518. The standard InChI is InChI=1S/C4H13N3/c1-3-7(2)6-4-5/h6H,3-5H2,1-2H3. The van der Waals surface area contributed by atoms with Crippen LogP contribution in [-0.4, -0.2) is 25.3 Å². The molecular formula is C4H13N3. The van der Waals surface area contributed by atoms with Crippen LogP contribution in [0.5, 0.6) is 0 Å². The molecule has 0 aromatic rings. The Morgan fingerprint density at radius 3 is 2.43 bits per heavy atom. The molecule has 3 heteroatoms. The first-order valence-corrected chi connectivity index (χ1v) is 2.46. The fourth-order valence-electron chi connectivity index (χ4n) is 0.268. The molecule has 0 aromatic carbocycles. The topological polar surface area (TPSA) is 41.3 Å². The van der Waals surface area contributed by atoms with E-state index in [2.05, 4.69) is 12.3 Å². The summed E-state index contributed by atoms with van der Waals surface area (Å²) in [6.07, 6.45) is 0. The first-order chi connectivity index (χ1) is 3.31. The molecule has 7 heavy (non-hydrogen) atoms. The maximum Gasteiger partial charge on any atom is 0.0567 e. The van der Waals surface area contributed by atoms with Crippen LogP contribution in [0.4, 0.5) is 0 Å². The summed E-state index contributed by atoms with van der Waals surface area (Å²) in [7, 11) is 1.95. The third kappa shape index (κ3) is 3.72. The van der Waals surface area contributed by atoms with Crippen molar-refractivity contribution in [2.24, 2.45) is 5.73 Å². The molecule has 0 atom stereocenters. The molecule has 3 nitrogen and oxygen atoms in total. The lowest BCUT2D eigenvalue weighted by Gasteiger charge is -2.12. The average Bonchev–Trinajstić information content (AvgIpc) is 1.68. The van der Waals surface area contributed by atoms with Gasteiger partial charge >= 0.3 is 0 Å². The summed E-state index contributed by atoms with van der Waals surface area (Å²) >= 11 is 0. The maximum absolute atomic E-state index is 5.15. The van der Waals surface area contributed by atoms with Crippen LogP contribution in [0.3, 0.4) is 0 Å². The van der Waals surface area contributed by atoms with Gasteiger partial charge in [0, 0.05) is 13.6 Å². The van der Waals surface area contributed by atoms with Crippen molar-refractivity contribution in [3.05, 3.63) is 0 Å². The molecule has 0 aliphatic carbocycles. The van der Waals surface area contributed by atoms with Crippen molar-refractivity contribution in [2.75, 3.05) is 20.3 Å². The van der Waals surface area contributed by atoms with Crippen LogP contribution in [0.15, 0.2) is 0 Å². The Kier molecular flexibility index (Phi) is 3.98. The molecular weight excluding hydrogens is 90.1 g/mol. The van der Waals surface area contributed by atoms with Crippen LogP contribution >= 0.6 is 0 Å². The number of nitrogens with one attached hydrogen (secondary N) is 1. The van der Waals surface area contributed by atoms with Crippen LogP contribution < -0.4 is 11.2 Å². The van der Waals surface area contributed by atoms with Crippen molar-refractivity contribution in [2.45, 2.75) is 6.92 Å². The number of nitrogens with zero attached hydrogens (tertiary/aromatic N) is 1. The zero-order chi connectivity index (χ0) is 5.70. The van der Waals surface area contributed by atoms with Gasteiger partial charge in [0.25, 0.3) is 0 Å². The number of nitrogens with two attached hydrogens (primary N) is 1. The van der Waals surface area contributed by atoms with Crippen molar-refractivity contribution < 1.29 is 0 Å². The van der Waals surface area contributed by atoms with E-state index in [0.29, 0.717) is 6.67 Å². The summed E-state index contributed by atoms with van der Waals surface area (Å²) in [5.41, 5.74) is 8.06. The predicted octanol–water partition coefficient (Wildman–Crippen LogP) is -0.641. The van der Waals surface area contributed by atoms with E-state index in [1.807, 2.05) is 12.1 Å². The fourth-order valence-corrected chi connectivity index (χ4v) is 0.268. The molecule has 0 unspecified atom stereocenters. The highest BCUT2D eigenvalue weighted by Crippen LogP contribution is 1.65. The smallest absolute Gasteiger partial charge is 0.0567 e. The molecule has 0 saturated heterocycles. The lowest BCUT2D eigenvalue weighted by molar-refractivity contribution is 0.252. The highest BCUT2D eigenvalue weighted by molar-refractivity contribution is 4.31. The number of hydrogen-bond donors (Lipinski definition) is 2. The van der Waals surface area contributed by atoms with Crippen LogP contribution in [0.2, 0.25) is 0 Å². The van der Waals surface area contributed by atoms with Crippen LogP contribution in [0.1, 0.15) is 6.92 Å².